The van der Waals surface area contributed by atoms with Crippen molar-refractivity contribution in [1.29, 1.82) is 0 Å². The van der Waals surface area contributed by atoms with Crippen molar-refractivity contribution in [2.24, 2.45) is 5.92 Å². The summed E-state index contributed by atoms with van der Waals surface area (Å²) in [5.74, 6) is -0.331. The summed E-state index contributed by atoms with van der Waals surface area (Å²) >= 11 is 2.34. The fourth-order valence-corrected chi connectivity index (χ4v) is 1.53. The topological polar surface area (TPSA) is 37.3 Å². The number of hydrogen-bond donors (Lipinski definition) is 1. The van der Waals surface area contributed by atoms with Crippen LogP contribution in [0.2, 0.25) is 0 Å². The van der Waals surface area contributed by atoms with Crippen molar-refractivity contribution in [2.75, 3.05) is 4.43 Å². The SMILES string of the molecule is CC(CCCCI)CC(=O)O. The fraction of sp³-hybridized carbons (Fsp3) is 0.875. The van der Waals surface area contributed by atoms with Crippen molar-refractivity contribution in [3.05, 3.63) is 0 Å². The molecule has 0 aliphatic carbocycles. The maximum Gasteiger partial charge on any atom is 0.303 e. The molecule has 1 atom stereocenters. The standard InChI is InChI=1S/C8H15IO2/c1-7(6-8(10)11)4-2-3-5-9/h7H,2-6H2,1H3,(H,10,11). The second kappa shape index (κ2) is 6.88. The van der Waals surface area contributed by atoms with E-state index in [1.54, 1.807) is 0 Å². The lowest BCUT2D eigenvalue weighted by Crippen LogP contribution is -2.03. The Bertz CT molecular complexity index is 115. The Morgan fingerprint density at radius 3 is 2.64 bits per heavy atom. The molecule has 0 aromatic rings. The summed E-state index contributed by atoms with van der Waals surface area (Å²) < 4.78 is 1.18. The summed E-state index contributed by atoms with van der Waals surface area (Å²) in [6.07, 6.45) is 3.75. The minimum absolute atomic E-state index is 0.321. The normalized spacial score (nSPS) is 12.9. The third kappa shape index (κ3) is 8.10. The van der Waals surface area contributed by atoms with Crippen molar-refractivity contribution in [3.63, 3.8) is 0 Å². The molecule has 0 aromatic carbocycles. The highest BCUT2D eigenvalue weighted by Crippen LogP contribution is 2.12. The zero-order valence-corrected chi connectivity index (χ0v) is 9.00. The number of carboxylic acids is 1. The van der Waals surface area contributed by atoms with Crippen LogP contribution >= 0.6 is 22.6 Å². The van der Waals surface area contributed by atoms with Crippen molar-refractivity contribution >= 4 is 28.6 Å². The average molecular weight is 270 g/mol. The van der Waals surface area contributed by atoms with Crippen LogP contribution in [0.25, 0.3) is 0 Å². The largest absolute Gasteiger partial charge is 0.481 e. The number of alkyl halides is 1. The summed E-state index contributed by atoms with van der Waals surface area (Å²) in [5.41, 5.74) is 0. The smallest absolute Gasteiger partial charge is 0.303 e. The Balaban J connectivity index is 3.22. The van der Waals surface area contributed by atoms with Crippen molar-refractivity contribution < 1.29 is 9.90 Å². The first-order chi connectivity index (χ1) is 5.16. The summed E-state index contributed by atoms with van der Waals surface area (Å²) in [4.78, 5) is 10.2. The molecular formula is C8H15IO2. The van der Waals surface area contributed by atoms with E-state index in [1.807, 2.05) is 6.92 Å². The average Bonchev–Trinajstić information content (AvgIpc) is 1.86. The molecule has 0 rings (SSSR count). The van der Waals surface area contributed by atoms with Gasteiger partial charge in [0.25, 0.3) is 0 Å². The molecule has 0 heterocycles. The van der Waals surface area contributed by atoms with Crippen LogP contribution in [0.5, 0.6) is 0 Å². The second-order valence-corrected chi connectivity index (χ2v) is 3.97. The van der Waals surface area contributed by atoms with Crippen LogP contribution in [0.4, 0.5) is 0 Å². The molecule has 0 aliphatic heterocycles. The quantitative estimate of drug-likeness (QED) is 0.457. The van der Waals surface area contributed by atoms with E-state index in [2.05, 4.69) is 22.6 Å². The number of halogens is 1. The number of carboxylic acid groups (broad SMARTS) is 1. The van der Waals surface area contributed by atoms with Crippen LogP contribution < -0.4 is 0 Å². The molecule has 0 bridgehead atoms. The van der Waals surface area contributed by atoms with Crippen LogP contribution in [0.1, 0.15) is 32.6 Å². The van der Waals surface area contributed by atoms with Gasteiger partial charge in [0.05, 0.1) is 0 Å². The lowest BCUT2D eigenvalue weighted by Gasteiger charge is -2.06. The zero-order chi connectivity index (χ0) is 8.69. The molecule has 1 unspecified atom stereocenters. The lowest BCUT2D eigenvalue weighted by atomic mass is 10.0. The number of hydrogen-bond acceptors (Lipinski definition) is 1. The van der Waals surface area contributed by atoms with Gasteiger partial charge >= 0.3 is 5.97 Å². The Morgan fingerprint density at radius 2 is 2.18 bits per heavy atom. The van der Waals surface area contributed by atoms with E-state index in [-0.39, 0.29) is 0 Å². The Kier molecular flexibility index (Phi) is 7.01. The maximum absolute atomic E-state index is 10.2. The molecule has 66 valence electrons. The number of rotatable bonds is 6. The predicted molar refractivity (Wildman–Crippen MR) is 54.2 cm³/mol. The summed E-state index contributed by atoms with van der Waals surface area (Å²) in [6.45, 7) is 2.00. The minimum atomic E-state index is -0.674. The van der Waals surface area contributed by atoms with Gasteiger partial charge in [-0.1, -0.05) is 42.4 Å². The number of unbranched alkanes of at least 4 members (excludes halogenated alkanes) is 1. The summed E-state index contributed by atoms with van der Waals surface area (Å²) in [7, 11) is 0. The van der Waals surface area contributed by atoms with E-state index in [9.17, 15) is 4.79 Å². The molecule has 0 aliphatic rings. The molecule has 0 spiro atoms. The third-order valence-electron chi connectivity index (χ3n) is 1.60. The highest BCUT2D eigenvalue weighted by atomic mass is 127. The Morgan fingerprint density at radius 1 is 1.55 bits per heavy atom. The highest BCUT2D eigenvalue weighted by Gasteiger charge is 2.05. The van der Waals surface area contributed by atoms with Crippen LogP contribution in [0.3, 0.4) is 0 Å². The monoisotopic (exact) mass is 270 g/mol. The van der Waals surface area contributed by atoms with E-state index >= 15 is 0 Å². The van der Waals surface area contributed by atoms with Crippen molar-refractivity contribution in [1.82, 2.24) is 0 Å². The summed E-state index contributed by atoms with van der Waals surface area (Å²) in [6, 6.07) is 0. The Labute approximate surface area is 81.5 Å². The fourth-order valence-electron chi connectivity index (χ4n) is 0.987. The molecule has 1 N–H and O–H groups in total. The van der Waals surface area contributed by atoms with Crippen LogP contribution in [-0.2, 0) is 4.79 Å². The second-order valence-electron chi connectivity index (χ2n) is 2.89. The summed E-state index contributed by atoms with van der Waals surface area (Å²) in [5, 5.41) is 8.44. The third-order valence-corrected chi connectivity index (χ3v) is 2.37. The van der Waals surface area contributed by atoms with Gasteiger partial charge in [-0.3, -0.25) is 4.79 Å². The molecule has 11 heavy (non-hydrogen) atoms. The predicted octanol–water partition coefficient (Wildman–Crippen LogP) is 2.70. The molecular weight excluding hydrogens is 255 g/mol. The van der Waals surface area contributed by atoms with E-state index in [0.29, 0.717) is 12.3 Å². The molecule has 0 saturated heterocycles. The maximum atomic E-state index is 10.2. The van der Waals surface area contributed by atoms with Crippen LogP contribution in [-0.4, -0.2) is 15.5 Å². The molecule has 0 radical (unpaired) electrons. The highest BCUT2D eigenvalue weighted by molar-refractivity contribution is 14.1. The van der Waals surface area contributed by atoms with Gasteiger partial charge in [-0.05, 0) is 16.8 Å². The van der Waals surface area contributed by atoms with Gasteiger partial charge in [0.15, 0.2) is 0 Å². The molecule has 2 nitrogen and oxygen atoms in total. The molecule has 0 fully saturated rings. The van der Waals surface area contributed by atoms with Crippen LogP contribution in [0.15, 0.2) is 0 Å². The Hall–Kier alpha value is 0.200. The van der Waals surface area contributed by atoms with Gasteiger partial charge in [0.2, 0.25) is 0 Å². The molecule has 3 heteroatoms. The van der Waals surface area contributed by atoms with Gasteiger partial charge < -0.3 is 5.11 Å². The van der Waals surface area contributed by atoms with Gasteiger partial charge in [-0.2, -0.15) is 0 Å². The van der Waals surface area contributed by atoms with Gasteiger partial charge in [-0.15, -0.1) is 0 Å². The molecule has 0 saturated carbocycles. The van der Waals surface area contributed by atoms with Gasteiger partial charge in [-0.25, -0.2) is 0 Å². The van der Waals surface area contributed by atoms with Crippen LogP contribution in [0, 0.1) is 5.92 Å². The number of aliphatic carboxylic acids is 1. The van der Waals surface area contributed by atoms with Gasteiger partial charge in [0, 0.05) is 6.42 Å². The first-order valence-electron chi connectivity index (χ1n) is 3.94. The molecule has 0 amide bonds. The zero-order valence-electron chi connectivity index (χ0n) is 6.85. The first-order valence-corrected chi connectivity index (χ1v) is 5.47. The van der Waals surface area contributed by atoms with E-state index in [0.717, 1.165) is 12.8 Å². The van der Waals surface area contributed by atoms with Crippen molar-refractivity contribution in [2.45, 2.75) is 32.6 Å². The number of carbonyl (C=O) groups is 1. The van der Waals surface area contributed by atoms with Gasteiger partial charge in [0.1, 0.15) is 0 Å². The first kappa shape index (κ1) is 11.2. The van der Waals surface area contributed by atoms with E-state index in [1.165, 1.54) is 10.8 Å². The van der Waals surface area contributed by atoms with Crippen molar-refractivity contribution in [3.8, 4) is 0 Å². The van der Waals surface area contributed by atoms with E-state index < -0.39 is 5.97 Å². The lowest BCUT2D eigenvalue weighted by molar-refractivity contribution is -0.138. The minimum Gasteiger partial charge on any atom is -0.481 e. The van der Waals surface area contributed by atoms with E-state index in [4.69, 9.17) is 5.11 Å². The molecule has 0 aromatic heterocycles.